The minimum Gasteiger partial charge on any atom is -0.309 e. The summed E-state index contributed by atoms with van der Waals surface area (Å²) in [4.78, 5) is 23.9. The molecule has 27 heavy (non-hydrogen) atoms. The molecule has 0 bridgehead atoms. The second-order valence-corrected chi connectivity index (χ2v) is 8.71. The average molecular weight is 382 g/mol. The molecule has 0 saturated heterocycles. The number of rotatable bonds is 4. The molecule has 2 aromatic heterocycles. The number of thiophene rings is 1. The average Bonchev–Trinajstić information content (AvgIpc) is 3.09. The molecule has 3 aromatic rings. The molecule has 5 heteroatoms. The molecule has 2 heterocycles. The van der Waals surface area contributed by atoms with E-state index in [-0.39, 0.29) is 5.56 Å². The lowest BCUT2D eigenvalue weighted by Crippen LogP contribution is -2.34. The molecular weight excluding hydrogens is 354 g/mol. The lowest BCUT2D eigenvalue weighted by Gasteiger charge is -2.30. The van der Waals surface area contributed by atoms with Gasteiger partial charge in [0.15, 0.2) is 0 Å². The Bertz CT molecular complexity index is 1010. The minimum atomic E-state index is -0.0264. The topological polar surface area (TPSA) is 49.0 Å². The summed E-state index contributed by atoms with van der Waals surface area (Å²) in [5, 5.41) is 2.78. The fourth-order valence-electron chi connectivity index (χ4n) is 4.08. The van der Waals surface area contributed by atoms with E-state index >= 15 is 0 Å². The van der Waals surface area contributed by atoms with Crippen LogP contribution in [0.3, 0.4) is 0 Å². The standard InChI is InChI=1S/C22H27N3OS/c1-14-9-10-16(11-15(14)2)18-13-27-22-20(18)21(26)23-19(24-22)12-25(3)17-7-5-4-6-8-17/h9-11,13,17H,4-8,12H2,1-3H3,(H,23,24,26). The van der Waals surface area contributed by atoms with E-state index in [0.29, 0.717) is 18.0 Å². The molecule has 0 aliphatic heterocycles. The molecular formula is C22H27N3OS. The highest BCUT2D eigenvalue weighted by atomic mass is 32.1. The van der Waals surface area contributed by atoms with Gasteiger partial charge in [0.1, 0.15) is 10.7 Å². The molecule has 0 unspecified atom stereocenters. The van der Waals surface area contributed by atoms with E-state index in [1.54, 1.807) is 11.3 Å². The Labute approximate surface area is 164 Å². The van der Waals surface area contributed by atoms with Gasteiger partial charge in [-0.25, -0.2) is 4.98 Å². The zero-order chi connectivity index (χ0) is 19.0. The first-order valence-electron chi connectivity index (χ1n) is 9.81. The zero-order valence-electron chi connectivity index (χ0n) is 16.3. The van der Waals surface area contributed by atoms with Crippen molar-refractivity contribution in [1.82, 2.24) is 14.9 Å². The maximum atomic E-state index is 12.9. The number of benzene rings is 1. The molecule has 1 aromatic carbocycles. The van der Waals surface area contributed by atoms with E-state index in [4.69, 9.17) is 4.98 Å². The highest BCUT2D eigenvalue weighted by Gasteiger charge is 2.20. The number of nitrogens with zero attached hydrogens (tertiary/aromatic N) is 2. The first kappa shape index (κ1) is 18.4. The summed E-state index contributed by atoms with van der Waals surface area (Å²) in [5.41, 5.74) is 4.55. The van der Waals surface area contributed by atoms with Gasteiger partial charge in [-0.1, -0.05) is 37.5 Å². The predicted octanol–water partition coefficient (Wildman–Crippen LogP) is 5.03. The van der Waals surface area contributed by atoms with Crippen molar-refractivity contribution in [3.8, 4) is 11.1 Å². The quantitative estimate of drug-likeness (QED) is 0.689. The molecule has 0 amide bonds. The van der Waals surface area contributed by atoms with E-state index in [2.05, 4.69) is 54.4 Å². The van der Waals surface area contributed by atoms with Crippen LogP contribution in [0.1, 0.15) is 49.1 Å². The van der Waals surface area contributed by atoms with Gasteiger partial charge in [-0.15, -0.1) is 11.3 Å². The van der Waals surface area contributed by atoms with Crippen molar-refractivity contribution in [2.75, 3.05) is 7.05 Å². The molecule has 1 saturated carbocycles. The molecule has 0 spiro atoms. The molecule has 1 N–H and O–H groups in total. The molecule has 0 atom stereocenters. The molecule has 4 nitrogen and oxygen atoms in total. The molecule has 142 valence electrons. The molecule has 0 radical (unpaired) electrons. The van der Waals surface area contributed by atoms with Gasteiger partial charge in [0, 0.05) is 17.0 Å². The molecule has 1 aliphatic rings. The Kier molecular flexibility index (Phi) is 5.15. The number of aryl methyl sites for hydroxylation is 2. The second kappa shape index (κ2) is 7.56. The van der Waals surface area contributed by atoms with Crippen molar-refractivity contribution in [1.29, 1.82) is 0 Å². The first-order chi connectivity index (χ1) is 13.0. The summed E-state index contributed by atoms with van der Waals surface area (Å²) in [7, 11) is 2.15. The summed E-state index contributed by atoms with van der Waals surface area (Å²) >= 11 is 1.56. The van der Waals surface area contributed by atoms with Crippen LogP contribution in [0.25, 0.3) is 21.3 Å². The summed E-state index contributed by atoms with van der Waals surface area (Å²) in [6, 6.07) is 6.97. The van der Waals surface area contributed by atoms with Gasteiger partial charge >= 0.3 is 0 Å². The van der Waals surface area contributed by atoms with Gasteiger partial charge < -0.3 is 4.98 Å². The lowest BCUT2D eigenvalue weighted by molar-refractivity contribution is 0.181. The SMILES string of the molecule is Cc1ccc(-c2csc3nc(CN(C)C4CCCCC4)[nH]c(=O)c23)cc1C. The second-order valence-electron chi connectivity index (χ2n) is 7.85. The third-order valence-corrected chi connectivity index (χ3v) is 6.78. The van der Waals surface area contributed by atoms with Gasteiger partial charge in [-0.2, -0.15) is 0 Å². The Morgan fingerprint density at radius 2 is 1.96 bits per heavy atom. The number of H-pyrrole nitrogens is 1. The summed E-state index contributed by atoms with van der Waals surface area (Å²) < 4.78 is 0. The van der Waals surface area contributed by atoms with Crippen molar-refractivity contribution in [2.24, 2.45) is 0 Å². The summed E-state index contributed by atoms with van der Waals surface area (Å²) in [6.45, 7) is 4.91. The van der Waals surface area contributed by atoms with Gasteiger partial charge in [0.05, 0.1) is 11.9 Å². The van der Waals surface area contributed by atoms with Gasteiger partial charge in [0.2, 0.25) is 0 Å². The van der Waals surface area contributed by atoms with Gasteiger partial charge in [0.25, 0.3) is 5.56 Å². The Hall–Kier alpha value is -1.98. The minimum absolute atomic E-state index is 0.0264. The van der Waals surface area contributed by atoms with Crippen LogP contribution in [0.5, 0.6) is 0 Å². The van der Waals surface area contributed by atoms with Gasteiger partial charge in [-0.05, 0) is 50.4 Å². The van der Waals surface area contributed by atoms with Crippen LogP contribution >= 0.6 is 11.3 Å². The maximum absolute atomic E-state index is 12.9. The molecule has 1 aliphatic carbocycles. The third kappa shape index (κ3) is 3.71. The monoisotopic (exact) mass is 381 g/mol. The number of nitrogens with one attached hydrogen (secondary N) is 1. The number of hydrogen-bond donors (Lipinski definition) is 1. The molecule has 1 fully saturated rings. The van der Waals surface area contributed by atoms with Crippen LogP contribution < -0.4 is 5.56 Å². The van der Waals surface area contributed by atoms with E-state index < -0.39 is 0 Å². The van der Waals surface area contributed by atoms with Crippen LogP contribution in [0, 0.1) is 13.8 Å². The van der Waals surface area contributed by atoms with Crippen molar-refractivity contribution in [3.63, 3.8) is 0 Å². The highest BCUT2D eigenvalue weighted by Crippen LogP contribution is 2.32. The van der Waals surface area contributed by atoms with Crippen LogP contribution in [-0.2, 0) is 6.54 Å². The van der Waals surface area contributed by atoms with Crippen molar-refractivity contribution in [2.45, 2.75) is 58.5 Å². The van der Waals surface area contributed by atoms with Crippen LogP contribution in [0.2, 0.25) is 0 Å². The summed E-state index contributed by atoms with van der Waals surface area (Å²) in [5.74, 6) is 0.772. The van der Waals surface area contributed by atoms with E-state index in [0.717, 1.165) is 21.8 Å². The van der Waals surface area contributed by atoms with Crippen molar-refractivity contribution >= 4 is 21.6 Å². The predicted molar refractivity (Wildman–Crippen MR) is 113 cm³/mol. The van der Waals surface area contributed by atoms with E-state index in [1.807, 2.05) is 0 Å². The summed E-state index contributed by atoms with van der Waals surface area (Å²) in [6.07, 6.45) is 6.46. The lowest BCUT2D eigenvalue weighted by atomic mass is 9.94. The Balaban J connectivity index is 1.65. The van der Waals surface area contributed by atoms with E-state index in [9.17, 15) is 4.79 Å². The molecule has 4 rings (SSSR count). The first-order valence-corrected chi connectivity index (χ1v) is 10.7. The van der Waals surface area contributed by atoms with Crippen LogP contribution in [-0.4, -0.2) is 28.0 Å². The number of aromatic nitrogens is 2. The number of fused-ring (bicyclic) bond motifs is 1. The fraction of sp³-hybridized carbons (Fsp3) is 0.455. The number of aromatic amines is 1. The van der Waals surface area contributed by atoms with Crippen LogP contribution in [0.15, 0.2) is 28.4 Å². The Morgan fingerprint density at radius 1 is 1.19 bits per heavy atom. The van der Waals surface area contributed by atoms with Crippen LogP contribution in [0.4, 0.5) is 0 Å². The Morgan fingerprint density at radius 3 is 2.70 bits per heavy atom. The number of hydrogen-bond acceptors (Lipinski definition) is 4. The fourth-order valence-corrected chi connectivity index (χ4v) is 5.04. The van der Waals surface area contributed by atoms with Gasteiger partial charge in [-0.3, -0.25) is 9.69 Å². The normalized spacial score (nSPS) is 15.7. The maximum Gasteiger partial charge on any atom is 0.260 e. The van der Waals surface area contributed by atoms with Crippen molar-refractivity contribution in [3.05, 3.63) is 50.9 Å². The zero-order valence-corrected chi connectivity index (χ0v) is 17.2. The third-order valence-electron chi connectivity index (χ3n) is 5.91. The highest BCUT2D eigenvalue weighted by molar-refractivity contribution is 7.17. The van der Waals surface area contributed by atoms with E-state index in [1.165, 1.54) is 43.2 Å². The van der Waals surface area contributed by atoms with Crippen molar-refractivity contribution < 1.29 is 0 Å². The smallest absolute Gasteiger partial charge is 0.260 e. The largest absolute Gasteiger partial charge is 0.309 e.